The number of nitrogens with zero attached hydrogens (tertiary/aromatic N) is 4. The Morgan fingerprint density at radius 3 is 2.76 bits per heavy atom. The second-order valence-corrected chi connectivity index (χ2v) is 9.34. The minimum absolute atomic E-state index is 0.0974. The summed E-state index contributed by atoms with van der Waals surface area (Å²) in [6.45, 7) is 2.90. The maximum Gasteiger partial charge on any atom is 0.160 e. The van der Waals surface area contributed by atoms with Crippen LogP contribution in [-0.2, 0) is 17.9 Å². The number of anilines is 1. The van der Waals surface area contributed by atoms with Crippen LogP contribution in [-0.4, -0.2) is 40.6 Å². The topological polar surface area (TPSA) is 92.6 Å². The molecule has 0 spiro atoms. The van der Waals surface area contributed by atoms with E-state index in [1.807, 2.05) is 29.8 Å². The molecule has 200 valence electrons. The number of fused-ring (bicyclic) bond motifs is 1. The zero-order chi connectivity index (χ0) is 26.6. The Bertz CT molecular complexity index is 1440. The molecule has 0 aliphatic carbocycles. The van der Waals surface area contributed by atoms with Crippen molar-refractivity contribution in [1.82, 2.24) is 19.7 Å². The molecular formula is C27H29ClFN5O4. The predicted octanol–water partition coefficient (Wildman–Crippen LogP) is 5.83. The molecule has 0 bridgehead atoms. The lowest BCUT2D eigenvalue weighted by Crippen LogP contribution is -2.19. The van der Waals surface area contributed by atoms with Crippen LogP contribution in [0.25, 0.3) is 11.0 Å². The van der Waals surface area contributed by atoms with Crippen molar-refractivity contribution in [3.8, 4) is 17.2 Å². The average molecular weight is 542 g/mol. The fourth-order valence-electron chi connectivity index (χ4n) is 4.44. The summed E-state index contributed by atoms with van der Waals surface area (Å²) < 4.78 is 39.0. The summed E-state index contributed by atoms with van der Waals surface area (Å²) in [6.07, 6.45) is 5.66. The van der Waals surface area contributed by atoms with E-state index in [0.717, 1.165) is 54.4 Å². The zero-order valence-corrected chi connectivity index (χ0v) is 22.2. The summed E-state index contributed by atoms with van der Waals surface area (Å²) >= 11 is 6.54. The van der Waals surface area contributed by atoms with Gasteiger partial charge in [0.15, 0.2) is 11.9 Å². The molecule has 9 nitrogen and oxygen atoms in total. The van der Waals surface area contributed by atoms with E-state index in [9.17, 15) is 4.39 Å². The van der Waals surface area contributed by atoms with Crippen molar-refractivity contribution in [2.24, 2.45) is 0 Å². The molecule has 0 radical (unpaired) electrons. The molecule has 0 saturated carbocycles. The number of pyridine rings is 2. The van der Waals surface area contributed by atoms with E-state index in [0.29, 0.717) is 29.6 Å². The molecule has 1 aliphatic heterocycles. The Balaban J connectivity index is 1.31. The lowest BCUT2D eigenvalue weighted by molar-refractivity contribution is -0.0371. The molecule has 5 rings (SSSR count). The second kappa shape index (κ2) is 11.4. The van der Waals surface area contributed by atoms with Gasteiger partial charge in [0.05, 0.1) is 37.3 Å². The van der Waals surface area contributed by atoms with Crippen molar-refractivity contribution in [2.75, 3.05) is 26.1 Å². The standard InChI is InChI=1S/C27H29ClFN5O4/c1-16-20-10-19(13-32-27(20)34(33-16)24-6-4-5-9-37-24)38-15-21-22(29)14-31-26(25(21)28)30-12-17-7-8-18(35-2)11-23(17)36-3/h7-8,10-11,13-14,24H,4-6,9,12,15H2,1-3H3,(H,30,31). The third kappa shape index (κ3) is 5.32. The number of methoxy groups -OCH3 is 2. The van der Waals surface area contributed by atoms with Crippen LogP contribution >= 0.6 is 11.6 Å². The highest BCUT2D eigenvalue weighted by Gasteiger charge is 2.21. The summed E-state index contributed by atoms with van der Waals surface area (Å²) in [5.41, 5.74) is 2.60. The fourth-order valence-corrected chi connectivity index (χ4v) is 4.70. The zero-order valence-electron chi connectivity index (χ0n) is 21.5. The van der Waals surface area contributed by atoms with Crippen molar-refractivity contribution in [3.05, 3.63) is 64.3 Å². The molecule has 1 atom stereocenters. The average Bonchev–Trinajstić information content (AvgIpc) is 3.28. The molecule has 1 aliphatic rings. The van der Waals surface area contributed by atoms with Gasteiger partial charge in [-0.2, -0.15) is 5.10 Å². The lowest BCUT2D eigenvalue weighted by atomic mass is 10.2. The molecule has 11 heteroatoms. The first-order chi connectivity index (χ1) is 18.5. The predicted molar refractivity (Wildman–Crippen MR) is 142 cm³/mol. The monoisotopic (exact) mass is 541 g/mol. The molecule has 1 fully saturated rings. The van der Waals surface area contributed by atoms with Gasteiger partial charge in [-0.1, -0.05) is 11.6 Å². The molecule has 4 aromatic rings. The van der Waals surface area contributed by atoms with Crippen molar-refractivity contribution < 1.29 is 23.3 Å². The maximum absolute atomic E-state index is 14.7. The van der Waals surface area contributed by atoms with Crippen molar-refractivity contribution in [1.29, 1.82) is 0 Å². The molecule has 1 unspecified atom stereocenters. The van der Waals surface area contributed by atoms with Gasteiger partial charge < -0.3 is 24.3 Å². The van der Waals surface area contributed by atoms with Gasteiger partial charge in [0, 0.05) is 35.7 Å². The highest BCUT2D eigenvalue weighted by atomic mass is 35.5. The summed E-state index contributed by atoms with van der Waals surface area (Å²) in [4.78, 5) is 8.69. The van der Waals surface area contributed by atoms with Crippen LogP contribution in [0, 0.1) is 12.7 Å². The van der Waals surface area contributed by atoms with Gasteiger partial charge in [0.25, 0.3) is 0 Å². The maximum atomic E-state index is 14.7. The normalized spacial score (nSPS) is 15.4. The minimum atomic E-state index is -0.560. The van der Waals surface area contributed by atoms with Crippen molar-refractivity contribution in [3.63, 3.8) is 0 Å². The highest BCUT2D eigenvalue weighted by molar-refractivity contribution is 6.33. The molecule has 3 aromatic heterocycles. The Labute approximate surface area is 224 Å². The summed E-state index contributed by atoms with van der Waals surface area (Å²) in [6, 6.07) is 7.34. The van der Waals surface area contributed by atoms with E-state index in [2.05, 4.69) is 20.4 Å². The number of ether oxygens (including phenoxy) is 4. The smallest absolute Gasteiger partial charge is 0.160 e. The van der Waals surface area contributed by atoms with Crippen LogP contribution in [0.5, 0.6) is 17.2 Å². The first kappa shape index (κ1) is 26.0. The van der Waals surface area contributed by atoms with E-state index in [-0.39, 0.29) is 23.4 Å². The minimum Gasteiger partial charge on any atom is -0.497 e. The Morgan fingerprint density at radius 2 is 2.00 bits per heavy atom. The third-order valence-corrected chi connectivity index (χ3v) is 6.93. The molecule has 1 aromatic carbocycles. The largest absolute Gasteiger partial charge is 0.497 e. The van der Waals surface area contributed by atoms with Crippen LogP contribution in [0.15, 0.2) is 36.7 Å². The van der Waals surface area contributed by atoms with Gasteiger partial charge in [-0.3, -0.25) is 0 Å². The first-order valence-electron chi connectivity index (χ1n) is 12.4. The number of benzene rings is 1. The van der Waals surface area contributed by atoms with Crippen LogP contribution in [0.3, 0.4) is 0 Å². The number of halogens is 2. The number of hydrogen-bond donors (Lipinski definition) is 1. The van der Waals surface area contributed by atoms with Crippen LogP contribution < -0.4 is 19.5 Å². The van der Waals surface area contributed by atoms with E-state index in [4.69, 9.17) is 30.5 Å². The quantitative estimate of drug-likeness (QED) is 0.283. The van der Waals surface area contributed by atoms with Crippen molar-refractivity contribution >= 4 is 28.5 Å². The van der Waals surface area contributed by atoms with Crippen molar-refractivity contribution in [2.45, 2.75) is 45.6 Å². The SMILES string of the molecule is COc1ccc(CNc2ncc(F)c(COc3cnc4c(c3)c(C)nn4C3CCCCO3)c2Cl)c(OC)c1. The number of nitrogens with one attached hydrogen (secondary N) is 1. The van der Waals surface area contributed by atoms with E-state index in [1.54, 1.807) is 26.5 Å². The number of hydrogen-bond acceptors (Lipinski definition) is 8. The summed E-state index contributed by atoms with van der Waals surface area (Å²) in [5, 5.41) is 8.79. The molecular weight excluding hydrogens is 513 g/mol. The van der Waals surface area contributed by atoms with E-state index < -0.39 is 5.82 Å². The first-order valence-corrected chi connectivity index (χ1v) is 12.7. The van der Waals surface area contributed by atoms with Gasteiger partial charge in [-0.05, 0) is 44.4 Å². The third-order valence-electron chi connectivity index (χ3n) is 6.53. The van der Waals surface area contributed by atoms with Gasteiger partial charge in [-0.15, -0.1) is 0 Å². The van der Waals surface area contributed by atoms with Crippen LogP contribution in [0.4, 0.5) is 10.2 Å². The molecule has 1 N–H and O–H groups in total. The molecule has 1 saturated heterocycles. The number of rotatable bonds is 9. The summed E-state index contributed by atoms with van der Waals surface area (Å²) in [5.74, 6) is 1.59. The molecule has 0 amide bonds. The van der Waals surface area contributed by atoms with Gasteiger partial charge in [0.1, 0.15) is 35.5 Å². The van der Waals surface area contributed by atoms with E-state index >= 15 is 0 Å². The van der Waals surface area contributed by atoms with Gasteiger partial charge in [-0.25, -0.2) is 19.0 Å². The Kier molecular flexibility index (Phi) is 7.80. The van der Waals surface area contributed by atoms with Crippen LogP contribution in [0.1, 0.15) is 42.3 Å². The fraction of sp³-hybridized carbons (Fsp3) is 0.370. The number of aromatic nitrogens is 4. The van der Waals surface area contributed by atoms with Crippen LogP contribution in [0.2, 0.25) is 5.02 Å². The number of aryl methyl sites for hydroxylation is 1. The highest BCUT2D eigenvalue weighted by Crippen LogP contribution is 2.32. The Hall–Kier alpha value is -3.63. The molecule has 4 heterocycles. The Morgan fingerprint density at radius 1 is 1.13 bits per heavy atom. The van der Waals surface area contributed by atoms with Gasteiger partial charge in [0.2, 0.25) is 0 Å². The second-order valence-electron chi connectivity index (χ2n) is 8.96. The molecule has 38 heavy (non-hydrogen) atoms. The summed E-state index contributed by atoms with van der Waals surface area (Å²) in [7, 11) is 3.17. The van der Waals surface area contributed by atoms with Gasteiger partial charge >= 0.3 is 0 Å². The lowest BCUT2D eigenvalue weighted by Gasteiger charge is -2.23. The van der Waals surface area contributed by atoms with E-state index in [1.165, 1.54) is 0 Å².